The summed E-state index contributed by atoms with van der Waals surface area (Å²) in [7, 11) is 0. The summed E-state index contributed by atoms with van der Waals surface area (Å²) in [5.41, 5.74) is 0.202. The number of nitrogens with zero attached hydrogens (tertiary/aromatic N) is 1. The summed E-state index contributed by atoms with van der Waals surface area (Å²) in [4.78, 5) is 0. The molecule has 0 bridgehead atoms. The lowest BCUT2D eigenvalue weighted by Crippen LogP contribution is -2.37. The van der Waals surface area contributed by atoms with Crippen molar-refractivity contribution in [1.29, 1.82) is 5.26 Å². The second-order valence-electron chi connectivity index (χ2n) is 5.54. The van der Waals surface area contributed by atoms with Gasteiger partial charge in [-0.25, -0.2) is 0 Å². The third-order valence-electron chi connectivity index (χ3n) is 4.05. The average Bonchev–Trinajstić information content (AvgIpc) is 2.16. The largest absolute Gasteiger partial charge is 0.198 e. The molecule has 86 valence electrons. The third kappa shape index (κ3) is 3.38. The van der Waals surface area contributed by atoms with Gasteiger partial charge in [0, 0.05) is 5.92 Å². The quantitative estimate of drug-likeness (QED) is 0.606. The van der Waals surface area contributed by atoms with E-state index in [1.54, 1.807) is 0 Å². The molecule has 1 atom stereocenters. The third-order valence-corrected chi connectivity index (χ3v) is 4.05. The standard InChI is InChI=1S/C14H25N/c1-7-8-9-10-13(3,4)14(5,6)12(2)11-15/h8-9,12H,7,10H2,1-6H3/b9-8+. The van der Waals surface area contributed by atoms with Crippen molar-refractivity contribution in [3.8, 4) is 6.07 Å². The minimum absolute atomic E-state index is 0.0415. The van der Waals surface area contributed by atoms with Crippen LogP contribution in [-0.2, 0) is 0 Å². The van der Waals surface area contributed by atoms with Gasteiger partial charge in [0.05, 0.1) is 6.07 Å². The second kappa shape index (κ2) is 5.35. The lowest BCUT2D eigenvalue weighted by Gasteiger charge is -2.43. The van der Waals surface area contributed by atoms with E-state index < -0.39 is 0 Å². The number of rotatable bonds is 5. The molecule has 0 N–H and O–H groups in total. The molecular weight excluding hydrogens is 182 g/mol. The van der Waals surface area contributed by atoms with E-state index in [-0.39, 0.29) is 16.7 Å². The van der Waals surface area contributed by atoms with E-state index in [4.69, 9.17) is 5.26 Å². The van der Waals surface area contributed by atoms with Crippen LogP contribution in [0.3, 0.4) is 0 Å². The monoisotopic (exact) mass is 207 g/mol. The molecule has 0 aliphatic heterocycles. The van der Waals surface area contributed by atoms with Gasteiger partial charge in [0.25, 0.3) is 0 Å². The maximum atomic E-state index is 9.04. The Labute approximate surface area is 95.2 Å². The molecule has 0 rings (SSSR count). The first kappa shape index (κ1) is 14.2. The summed E-state index contributed by atoms with van der Waals surface area (Å²) in [5, 5.41) is 9.04. The highest BCUT2D eigenvalue weighted by molar-refractivity contribution is 5.01. The van der Waals surface area contributed by atoms with Gasteiger partial charge in [-0.15, -0.1) is 0 Å². The molecule has 0 spiro atoms. The van der Waals surface area contributed by atoms with Gasteiger partial charge < -0.3 is 0 Å². The van der Waals surface area contributed by atoms with Crippen LogP contribution in [0.4, 0.5) is 0 Å². The summed E-state index contributed by atoms with van der Waals surface area (Å²) < 4.78 is 0. The number of allylic oxidation sites excluding steroid dienone is 2. The Morgan fingerprint density at radius 1 is 1.20 bits per heavy atom. The molecular formula is C14H25N. The Morgan fingerprint density at radius 3 is 2.13 bits per heavy atom. The zero-order valence-electron chi connectivity index (χ0n) is 11.1. The van der Waals surface area contributed by atoms with Gasteiger partial charge in [-0.1, -0.05) is 46.8 Å². The van der Waals surface area contributed by atoms with Crippen molar-refractivity contribution in [2.45, 2.75) is 54.4 Å². The Morgan fingerprint density at radius 2 is 1.73 bits per heavy atom. The van der Waals surface area contributed by atoms with E-state index in [1.165, 1.54) is 0 Å². The topological polar surface area (TPSA) is 23.8 Å². The first-order chi connectivity index (χ1) is 6.79. The molecule has 0 aromatic carbocycles. The van der Waals surface area contributed by atoms with E-state index in [0.29, 0.717) is 0 Å². The summed E-state index contributed by atoms with van der Waals surface area (Å²) in [6.07, 6.45) is 6.57. The summed E-state index contributed by atoms with van der Waals surface area (Å²) >= 11 is 0. The van der Waals surface area contributed by atoms with Crippen LogP contribution in [0, 0.1) is 28.1 Å². The van der Waals surface area contributed by atoms with Gasteiger partial charge >= 0.3 is 0 Å². The molecule has 1 unspecified atom stereocenters. The van der Waals surface area contributed by atoms with E-state index in [0.717, 1.165) is 12.8 Å². The van der Waals surface area contributed by atoms with Crippen LogP contribution in [0.1, 0.15) is 54.4 Å². The first-order valence-electron chi connectivity index (χ1n) is 5.84. The molecule has 0 aromatic heterocycles. The van der Waals surface area contributed by atoms with Gasteiger partial charge in [0.15, 0.2) is 0 Å². The summed E-state index contributed by atoms with van der Waals surface area (Å²) in [6, 6.07) is 2.38. The van der Waals surface area contributed by atoms with E-state index in [1.807, 2.05) is 6.92 Å². The van der Waals surface area contributed by atoms with Crippen molar-refractivity contribution in [1.82, 2.24) is 0 Å². The van der Waals surface area contributed by atoms with Crippen molar-refractivity contribution in [3.05, 3.63) is 12.2 Å². The zero-order valence-corrected chi connectivity index (χ0v) is 11.1. The van der Waals surface area contributed by atoms with Gasteiger partial charge in [-0.3, -0.25) is 0 Å². The SMILES string of the molecule is CC/C=C/CC(C)(C)C(C)(C)C(C)C#N. The lowest BCUT2D eigenvalue weighted by atomic mass is 9.60. The Hall–Kier alpha value is -0.770. The first-order valence-corrected chi connectivity index (χ1v) is 5.84. The molecule has 15 heavy (non-hydrogen) atoms. The fourth-order valence-electron chi connectivity index (χ4n) is 1.56. The highest BCUT2D eigenvalue weighted by Crippen LogP contribution is 2.46. The second-order valence-corrected chi connectivity index (χ2v) is 5.54. The highest BCUT2D eigenvalue weighted by Gasteiger charge is 2.40. The smallest absolute Gasteiger partial charge is 0.0658 e. The lowest BCUT2D eigenvalue weighted by molar-refractivity contribution is 0.0747. The van der Waals surface area contributed by atoms with Gasteiger partial charge in [-0.2, -0.15) is 5.26 Å². The zero-order chi connectivity index (χ0) is 12.1. The molecule has 0 radical (unpaired) electrons. The fourth-order valence-corrected chi connectivity index (χ4v) is 1.56. The average molecular weight is 207 g/mol. The van der Waals surface area contributed by atoms with Crippen LogP contribution < -0.4 is 0 Å². The number of hydrogen-bond acceptors (Lipinski definition) is 1. The van der Waals surface area contributed by atoms with Crippen LogP contribution in [0.25, 0.3) is 0 Å². The van der Waals surface area contributed by atoms with E-state index >= 15 is 0 Å². The molecule has 1 nitrogen and oxygen atoms in total. The summed E-state index contributed by atoms with van der Waals surface area (Å²) in [5.74, 6) is 0.0857. The van der Waals surface area contributed by atoms with Crippen LogP contribution in [0.15, 0.2) is 12.2 Å². The predicted molar refractivity (Wildman–Crippen MR) is 66.4 cm³/mol. The van der Waals surface area contributed by atoms with Crippen molar-refractivity contribution in [2.75, 3.05) is 0 Å². The Bertz CT molecular complexity index is 253. The molecule has 0 heterocycles. The molecule has 0 amide bonds. The molecule has 1 heteroatoms. The molecule has 0 saturated heterocycles. The van der Waals surface area contributed by atoms with Crippen LogP contribution >= 0.6 is 0 Å². The highest BCUT2D eigenvalue weighted by atomic mass is 14.5. The normalized spacial score (nSPS) is 15.3. The van der Waals surface area contributed by atoms with Crippen LogP contribution in [-0.4, -0.2) is 0 Å². The fraction of sp³-hybridized carbons (Fsp3) is 0.786. The Kier molecular flexibility index (Phi) is 5.08. The molecule has 0 aliphatic rings. The maximum Gasteiger partial charge on any atom is 0.0658 e. The maximum absolute atomic E-state index is 9.04. The molecule has 0 saturated carbocycles. The van der Waals surface area contributed by atoms with Gasteiger partial charge in [-0.05, 0) is 30.6 Å². The minimum atomic E-state index is 0.0415. The summed E-state index contributed by atoms with van der Waals surface area (Å²) in [6.45, 7) is 13.1. The Balaban J connectivity index is 4.70. The molecule has 0 aromatic rings. The molecule has 0 fully saturated rings. The van der Waals surface area contributed by atoms with Gasteiger partial charge in [0.2, 0.25) is 0 Å². The number of hydrogen-bond donors (Lipinski definition) is 0. The minimum Gasteiger partial charge on any atom is -0.198 e. The molecule has 0 aliphatic carbocycles. The predicted octanol–water partition coefficient (Wildman–Crippen LogP) is 4.55. The van der Waals surface area contributed by atoms with Crippen molar-refractivity contribution in [2.24, 2.45) is 16.7 Å². The van der Waals surface area contributed by atoms with Crippen molar-refractivity contribution < 1.29 is 0 Å². The number of nitriles is 1. The van der Waals surface area contributed by atoms with Crippen LogP contribution in [0.5, 0.6) is 0 Å². The van der Waals surface area contributed by atoms with Gasteiger partial charge in [0.1, 0.15) is 0 Å². The van der Waals surface area contributed by atoms with Crippen molar-refractivity contribution in [3.63, 3.8) is 0 Å². The van der Waals surface area contributed by atoms with E-state index in [9.17, 15) is 0 Å². The van der Waals surface area contributed by atoms with Crippen molar-refractivity contribution >= 4 is 0 Å². The van der Waals surface area contributed by atoms with E-state index in [2.05, 4.69) is 52.8 Å². The van der Waals surface area contributed by atoms with Crippen LogP contribution in [0.2, 0.25) is 0 Å².